The maximum Gasteiger partial charge on any atom is 0.330 e. The van der Waals surface area contributed by atoms with Crippen LogP contribution < -0.4 is 11.2 Å². The van der Waals surface area contributed by atoms with Crippen molar-refractivity contribution in [3.8, 4) is 0 Å². The van der Waals surface area contributed by atoms with Gasteiger partial charge in [0.15, 0.2) is 12.4 Å². The number of halogens is 1. The zero-order chi connectivity index (χ0) is 14.9. The van der Waals surface area contributed by atoms with E-state index in [9.17, 15) is 19.1 Å². The molecule has 1 aromatic heterocycles. The number of H-pyrrole nitrogens is 1. The van der Waals surface area contributed by atoms with Crippen molar-refractivity contribution in [3.05, 3.63) is 43.5 Å². The molecule has 1 aliphatic rings. The second-order valence-corrected chi connectivity index (χ2v) is 4.11. The predicted octanol–water partition coefficient (Wildman–Crippen LogP) is -1.24. The number of hydrogen-bond acceptors (Lipinski definition) is 6. The fraction of sp³-hybridized carbons (Fsp3) is 0.556. The number of nitrogens with one attached hydrogen (secondary N) is 1. The van der Waals surface area contributed by atoms with Crippen LogP contribution in [0.2, 0.25) is 0 Å². The smallest absolute Gasteiger partial charge is 0.330 e. The number of nitrogens with zero attached hydrogens (tertiary/aromatic N) is 4. The van der Waals surface area contributed by atoms with Crippen molar-refractivity contribution in [2.24, 2.45) is 5.11 Å². The zero-order valence-electron chi connectivity index (χ0n) is 9.88. The molecule has 2 heterocycles. The standard InChI is InChI=1S/C9H10FN5O5/c10-5-6(18)9(3-16,13-14-11)20-7(5)15-2-1-4(17)12-8(15)19/h1-2,5-7,16,18H,3H2,(H,12,17,19)/t5?,6-,7+,9+/m0/s1. The van der Waals surface area contributed by atoms with Gasteiger partial charge in [0.25, 0.3) is 5.56 Å². The van der Waals surface area contributed by atoms with Gasteiger partial charge in [-0.15, -0.1) is 0 Å². The number of aromatic amines is 1. The molecule has 10 nitrogen and oxygen atoms in total. The molecule has 2 rings (SSSR count). The van der Waals surface area contributed by atoms with Crippen molar-refractivity contribution >= 4 is 0 Å². The minimum absolute atomic E-state index is 0.680. The summed E-state index contributed by atoms with van der Waals surface area (Å²) in [5.41, 5.74) is 4.51. The molecule has 1 aromatic rings. The van der Waals surface area contributed by atoms with Crippen molar-refractivity contribution in [2.75, 3.05) is 6.61 Å². The maximum absolute atomic E-state index is 14.0. The molecule has 11 heteroatoms. The van der Waals surface area contributed by atoms with Gasteiger partial charge in [0.2, 0.25) is 5.72 Å². The summed E-state index contributed by atoms with van der Waals surface area (Å²) in [6.45, 7) is -0.979. The van der Waals surface area contributed by atoms with Gasteiger partial charge in [-0.2, -0.15) is 0 Å². The quantitative estimate of drug-likeness (QED) is 0.360. The topological polar surface area (TPSA) is 153 Å². The molecular formula is C9H10FN5O5. The fourth-order valence-electron chi connectivity index (χ4n) is 1.91. The molecule has 1 fully saturated rings. The van der Waals surface area contributed by atoms with Crippen LogP contribution in [0.15, 0.2) is 27.0 Å². The van der Waals surface area contributed by atoms with Crippen LogP contribution in [0.25, 0.3) is 10.4 Å². The Morgan fingerprint density at radius 2 is 2.35 bits per heavy atom. The molecular weight excluding hydrogens is 277 g/mol. The van der Waals surface area contributed by atoms with Crippen molar-refractivity contribution in [1.29, 1.82) is 0 Å². The van der Waals surface area contributed by atoms with E-state index < -0.39 is 42.1 Å². The minimum Gasteiger partial charge on any atom is -0.393 e. The highest BCUT2D eigenvalue weighted by Crippen LogP contribution is 2.39. The molecule has 0 amide bonds. The molecule has 4 atom stereocenters. The Bertz CT molecular complexity index is 667. The van der Waals surface area contributed by atoms with Crippen LogP contribution >= 0.6 is 0 Å². The lowest BCUT2D eigenvalue weighted by Crippen LogP contribution is -2.43. The number of aromatic nitrogens is 2. The van der Waals surface area contributed by atoms with Gasteiger partial charge in [-0.25, -0.2) is 9.18 Å². The van der Waals surface area contributed by atoms with Gasteiger partial charge in [0, 0.05) is 17.2 Å². The Hall–Kier alpha value is -2.20. The van der Waals surface area contributed by atoms with Crippen LogP contribution in [-0.4, -0.2) is 44.4 Å². The summed E-state index contributed by atoms with van der Waals surface area (Å²) in [5, 5.41) is 21.9. The first kappa shape index (κ1) is 14.2. The van der Waals surface area contributed by atoms with Gasteiger partial charge < -0.3 is 14.9 Å². The van der Waals surface area contributed by atoms with E-state index in [0.29, 0.717) is 4.57 Å². The van der Waals surface area contributed by atoms with E-state index in [1.807, 2.05) is 4.98 Å². The molecule has 0 saturated carbocycles. The highest BCUT2D eigenvalue weighted by Gasteiger charge is 2.56. The Morgan fingerprint density at radius 3 is 2.90 bits per heavy atom. The van der Waals surface area contributed by atoms with Gasteiger partial charge in [0.05, 0.1) is 6.61 Å². The van der Waals surface area contributed by atoms with Gasteiger partial charge in [-0.05, 0) is 5.53 Å². The number of ether oxygens (including phenoxy) is 1. The third-order valence-corrected chi connectivity index (χ3v) is 2.93. The summed E-state index contributed by atoms with van der Waals surface area (Å²) in [5.74, 6) is 0. The van der Waals surface area contributed by atoms with Gasteiger partial charge in [0.1, 0.15) is 6.10 Å². The van der Waals surface area contributed by atoms with Crippen LogP contribution in [0.3, 0.4) is 0 Å². The van der Waals surface area contributed by atoms with Crippen LogP contribution in [0.4, 0.5) is 4.39 Å². The average Bonchev–Trinajstić information content (AvgIpc) is 2.65. The second kappa shape index (κ2) is 5.06. The Morgan fingerprint density at radius 1 is 1.65 bits per heavy atom. The SMILES string of the molecule is [N-]=[N+]=N[C@]1(CO)O[C@@H](n2ccc(=O)[nH]c2=O)C(F)[C@@H]1O. The number of aliphatic hydroxyl groups is 2. The van der Waals surface area contributed by atoms with E-state index in [4.69, 9.17) is 15.4 Å². The predicted molar refractivity (Wildman–Crippen MR) is 61.3 cm³/mol. The summed E-state index contributed by atoms with van der Waals surface area (Å²) in [7, 11) is 0. The molecule has 1 aliphatic heterocycles. The van der Waals surface area contributed by atoms with Crippen LogP contribution in [-0.2, 0) is 4.74 Å². The highest BCUT2D eigenvalue weighted by atomic mass is 19.1. The lowest BCUT2D eigenvalue weighted by Gasteiger charge is -2.23. The second-order valence-electron chi connectivity index (χ2n) is 4.11. The average molecular weight is 287 g/mol. The van der Waals surface area contributed by atoms with E-state index >= 15 is 0 Å². The summed E-state index contributed by atoms with van der Waals surface area (Å²) in [6.07, 6.45) is -4.79. The molecule has 108 valence electrons. The highest BCUT2D eigenvalue weighted by molar-refractivity contribution is 5.01. The first-order valence-electron chi connectivity index (χ1n) is 5.44. The molecule has 1 unspecified atom stereocenters. The molecule has 1 saturated heterocycles. The van der Waals surface area contributed by atoms with Crippen molar-refractivity contribution < 1.29 is 19.3 Å². The number of hydrogen-bond donors (Lipinski definition) is 3. The van der Waals surface area contributed by atoms with Crippen molar-refractivity contribution in [3.63, 3.8) is 0 Å². The van der Waals surface area contributed by atoms with Crippen molar-refractivity contribution in [2.45, 2.75) is 24.2 Å². The van der Waals surface area contributed by atoms with Gasteiger partial charge in [-0.3, -0.25) is 14.3 Å². The number of rotatable bonds is 3. The third-order valence-electron chi connectivity index (χ3n) is 2.93. The first-order valence-corrected chi connectivity index (χ1v) is 5.44. The molecule has 20 heavy (non-hydrogen) atoms. The molecule has 3 N–H and O–H groups in total. The summed E-state index contributed by atoms with van der Waals surface area (Å²) in [4.78, 5) is 26.7. The first-order chi connectivity index (χ1) is 9.45. The third kappa shape index (κ3) is 2.08. The van der Waals surface area contributed by atoms with E-state index in [1.165, 1.54) is 0 Å². The molecule has 0 bridgehead atoms. The van der Waals surface area contributed by atoms with Crippen molar-refractivity contribution in [1.82, 2.24) is 9.55 Å². The van der Waals surface area contributed by atoms with Gasteiger partial charge in [-0.1, -0.05) is 5.11 Å². The Kier molecular flexibility index (Phi) is 3.59. The van der Waals surface area contributed by atoms with Crippen LogP contribution in [0.1, 0.15) is 6.23 Å². The molecule has 0 radical (unpaired) electrons. The largest absolute Gasteiger partial charge is 0.393 e. The molecule has 0 aromatic carbocycles. The van der Waals surface area contributed by atoms with Crippen LogP contribution in [0.5, 0.6) is 0 Å². The van der Waals surface area contributed by atoms with E-state index in [1.54, 1.807) is 0 Å². The summed E-state index contributed by atoms with van der Waals surface area (Å²) >= 11 is 0. The normalized spacial score (nSPS) is 32.9. The minimum atomic E-state index is -2.23. The van der Waals surface area contributed by atoms with E-state index in [2.05, 4.69) is 10.0 Å². The lowest BCUT2D eigenvalue weighted by molar-refractivity contribution is -0.124. The van der Waals surface area contributed by atoms with Crippen LogP contribution in [0, 0.1) is 0 Å². The zero-order valence-corrected chi connectivity index (χ0v) is 9.88. The molecule has 0 spiro atoms. The monoisotopic (exact) mass is 287 g/mol. The maximum atomic E-state index is 14.0. The molecule has 0 aliphatic carbocycles. The Labute approximate surface area is 109 Å². The van der Waals surface area contributed by atoms with E-state index in [-0.39, 0.29) is 0 Å². The van der Waals surface area contributed by atoms with E-state index in [0.717, 1.165) is 12.3 Å². The number of aliphatic hydroxyl groups excluding tert-OH is 2. The summed E-state index contributed by atoms with van der Waals surface area (Å²) in [6, 6.07) is 0.955. The number of alkyl halides is 1. The van der Waals surface area contributed by atoms with Gasteiger partial charge >= 0.3 is 5.69 Å². The summed E-state index contributed by atoms with van der Waals surface area (Å²) < 4.78 is 19.7. The lowest BCUT2D eigenvalue weighted by atomic mass is 10.1. The fourth-order valence-corrected chi connectivity index (χ4v) is 1.91. The number of azide groups is 1. The Balaban J connectivity index is 2.47.